The van der Waals surface area contributed by atoms with E-state index in [2.05, 4.69) is 43.0 Å². The van der Waals surface area contributed by atoms with Crippen LogP contribution in [0.2, 0.25) is 5.02 Å². The van der Waals surface area contributed by atoms with Gasteiger partial charge in [0.2, 0.25) is 0 Å². The molecule has 1 saturated carbocycles. The molecule has 5 heteroatoms. The van der Waals surface area contributed by atoms with Crippen molar-refractivity contribution in [1.29, 1.82) is 0 Å². The van der Waals surface area contributed by atoms with Crippen molar-refractivity contribution in [3.8, 4) is 5.75 Å². The summed E-state index contributed by atoms with van der Waals surface area (Å²) in [7, 11) is 0. The van der Waals surface area contributed by atoms with Crippen LogP contribution in [0, 0.1) is 11.8 Å². The Kier molecular flexibility index (Phi) is 7.09. The third-order valence-corrected chi connectivity index (χ3v) is 9.31. The van der Waals surface area contributed by atoms with E-state index in [0.29, 0.717) is 17.1 Å². The highest BCUT2D eigenvalue weighted by Crippen LogP contribution is 2.43. The molecule has 2 saturated heterocycles. The molecule has 2 unspecified atom stereocenters. The molecule has 2 aromatic carbocycles. The number of hydrogen-bond acceptors (Lipinski definition) is 3. The summed E-state index contributed by atoms with van der Waals surface area (Å²) in [4.78, 5) is 14.3. The normalized spacial score (nSPS) is 30.7. The SMILES string of the molecule is CCC1CCC(Oc2ccc3cc([C@H](C)N4C5CCCC4CC(C(=O)O)C5)ccc3c2Cl)CC1. The maximum absolute atomic E-state index is 11.7. The van der Waals surface area contributed by atoms with Gasteiger partial charge in [-0.2, -0.15) is 0 Å². The van der Waals surface area contributed by atoms with E-state index in [1.807, 2.05) is 6.07 Å². The molecule has 1 N–H and O–H groups in total. The summed E-state index contributed by atoms with van der Waals surface area (Å²) < 4.78 is 6.35. The Morgan fingerprint density at radius 3 is 2.44 bits per heavy atom. The number of benzene rings is 2. The topological polar surface area (TPSA) is 49.8 Å². The van der Waals surface area contributed by atoms with E-state index < -0.39 is 5.97 Å². The molecule has 2 bridgehead atoms. The molecule has 3 fully saturated rings. The lowest BCUT2D eigenvalue weighted by atomic mass is 9.77. The minimum absolute atomic E-state index is 0.190. The van der Waals surface area contributed by atoms with Crippen molar-refractivity contribution in [3.63, 3.8) is 0 Å². The van der Waals surface area contributed by atoms with Gasteiger partial charge in [0.1, 0.15) is 5.75 Å². The summed E-state index contributed by atoms with van der Waals surface area (Å²) >= 11 is 6.83. The second-order valence-electron chi connectivity index (χ2n) is 10.9. The number of nitrogens with zero attached hydrogens (tertiary/aromatic N) is 1. The van der Waals surface area contributed by atoms with Gasteiger partial charge in [-0.3, -0.25) is 9.69 Å². The molecular formula is C29H38ClNO3. The van der Waals surface area contributed by atoms with Crippen molar-refractivity contribution in [3.05, 3.63) is 40.9 Å². The second-order valence-corrected chi connectivity index (χ2v) is 11.3. The van der Waals surface area contributed by atoms with Crippen LogP contribution in [0.3, 0.4) is 0 Å². The van der Waals surface area contributed by atoms with E-state index in [4.69, 9.17) is 16.3 Å². The average molecular weight is 484 g/mol. The predicted molar refractivity (Wildman–Crippen MR) is 138 cm³/mol. The fourth-order valence-electron chi connectivity index (χ4n) is 6.90. The zero-order chi connectivity index (χ0) is 23.8. The van der Waals surface area contributed by atoms with Crippen molar-refractivity contribution in [2.75, 3.05) is 0 Å². The fourth-order valence-corrected chi connectivity index (χ4v) is 7.18. The first kappa shape index (κ1) is 23.9. The standard InChI is InChI=1S/C29H38ClNO3/c1-3-19-7-11-25(12-8-19)34-27-14-10-21-15-20(9-13-26(21)28(27)30)18(2)31-23-5-4-6-24(31)17-22(16-23)29(32)33/h9-10,13-15,18-19,22-25H,3-8,11-12,16-17H2,1-2H3,(H,32,33)/t18-,19?,22?,23?,24?,25?/m0/s1. The van der Waals surface area contributed by atoms with Crippen molar-refractivity contribution < 1.29 is 14.6 Å². The zero-order valence-corrected chi connectivity index (χ0v) is 21.3. The second kappa shape index (κ2) is 10.1. The van der Waals surface area contributed by atoms with Crippen LogP contribution in [0.1, 0.15) is 89.7 Å². The van der Waals surface area contributed by atoms with Gasteiger partial charge < -0.3 is 9.84 Å². The summed E-state index contributed by atoms with van der Waals surface area (Å²) in [5.41, 5.74) is 1.28. The Balaban J connectivity index is 1.33. The van der Waals surface area contributed by atoms with Crippen molar-refractivity contribution >= 4 is 28.3 Å². The smallest absolute Gasteiger partial charge is 0.306 e. The minimum atomic E-state index is -0.624. The van der Waals surface area contributed by atoms with Gasteiger partial charge in [0.05, 0.1) is 17.0 Å². The van der Waals surface area contributed by atoms with Crippen molar-refractivity contribution in [2.45, 2.75) is 102 Å². The number of fused-ring (bicyclic) bond motifs is 3. The van der Waals surface area contributed by atoms with Crippen LogP contribution in [0.15, 0.2) is 30.3 Å². The van der Waals surface area contributed by atoms with E-state index in [9.17, 15) is 9.90 Å². The summed E-state index contributed by atoms with van der Waals surface area (Å²) in [6.45, 7) is 4.56. The van der Waals surface area contributed by atoms with Gasteiger partial charge in [0.25, 0.3) is 0 Å². The van der Waals surface area contributed by atoms with Gasteiger partial charge in [0, 0.05) is 23.5 Å². The Hall–Kier alpha value is -1.78. The summed E-state index contributed by atoms with van der Waals surface area (Å²) in [6, 6.07) is 11.8. The molecule has 0 radical (unpaired) electrons. The number of rotatable bonds is 6. The Labute approximate surface area is 208 Å². The quantitative estimate of drug-likeness (QED) is 0.459. The number of aliphatic carboxylic acids is 1. The van der Waals surface area contributed by atoms with Crippen molar-refractivity contribution in [2.24, 2.45) is 11.8 Å². The van der Waals surface area contributed by atoms with Crippen LogP contribution in [-0.2, 0) is 4.79 Å². The van der Waals surface area contributed by atoms with Crippen LogP contribution in [-0.4, -0.2) is 34.2 Å². The Morgan fingerprint density at radius 1 is 1.09 bits per heavy atom. The molecule has 3 aliphatic rings. The number of carboxylic acid groups (broad SMARTS) is 1. The molecule has 0 spiro atoms. The molecule has 184 valence electrons. The molecule has 3 atom stereocenters. The van der Waals surface area contributed by atoms with Crippen LogP contribution in [0.25, 0.3) is 10.8 Å². The maximum Gasteiger partial charge on any atom is 0.306 e. The zero-order valence-electron chi connectivity index (χ0n) is 20.5. The van der Waals surface area contributed by atoms with Crippen LogP contribution >= 0.6 is 11.6 Å². The van der Waals surface area contributed by atoms with E-state index in [-0.39, 0.29) is 18.1 Å². The van der Waals surface area contributed by atoms with Crippen LogP contribution in [0.5, 0.6) is 5.75 Å². The van der Waals surface area contributed by atoms with E-state index >= 15 is 0 Å². The third kappa shape index (κ3) is 4.68. The monoisotopic (exact) mass is 483 g/mol. The van der Waals surface area contributed by atoms with E-state index in [0.717, 1.165) is 61.0 Å². The van der Waals surface area contributed by atoms with Crippen LogP contribution in [0.4, 0.5) is 0 Å². The largest absolute Gasteiger partial charge is 0.489 e. The predicted octanol–water partition coefficient (Wildman–Crippen LogP) is 7.62. The molecule has 0 amide bonds. The average Bonchev–Trinajstić information content (AvgIpc) is 2.84. The first-order valence-corrected chi connectivity index (χ1v) is 13.7. The lowest BCUT2D eigenvalue weighted by molar-refractivity contribution is -0.147. The molecule has 5 rings (SSSR count). The number of carbonyl (C=O) groups is 1. The van der Waals surface area contributed by atoms with Gasteiger partial charge in [0.15, 0.2) is 0 Å². The summed E-state index contributed by atoms with van der Waals surface area (Å²) in [6.07, 6.45) is 11.2. The number of carboxylic acids is 1. The van der Waals surface area contributed by atoms with Crippen LogP contribution < -0.4 is 4.74 Å². The highest BCUT2D eigenvalue weighted by atomic mass is 35.5. The number of hydrogen-bond donors (Lipinski definition) is 1. The molecule has 2 heterocycles. The third-order valence-electron chi connectivity index (χ3n) is 8.92. The van der Waals surface area contributed by atoms with Gasteiger partial charge in [-0.25, -0.2) is 0 Å². The lowest BCUT2D eigenvalue weighted by Crippen LogP contribution is -2.53. The molecule has 4 nitrogen and oxygen atoms in total. The number of piperidine rings is 2. The highest BCUT2D eigenvalue weighted by molar-refractivity contribution is 6.37. The number of halogens is 1. The van der Waals surface area contributed by atoms with Crippen molar-refractivity contribution in [1.82, 2.24) is 4.90 Å². The Bertz CT molecular complexity index is 1020. The molecule has 2 aromatic rings. The first-order valence-electron chi connectivity index (χ1n) is 13.3. The van der Waals surface area contributed by atoms with Gasteiger partial charge in [-0.15, -0.1) is 0 Å². The minimum Gasteiger partial charge on any atom is -0.489 e. The Morgan fingerprint density at radius 2 is 1.79 bits per heavy atom. The molecule has 1 aliphatic carbocycles. The molecular weight excluding hydrogens is 446 g/mol. The summed E-state index contributed by atoms with van der Waals surface area (Å²) in [5, 5.41) is 12.5. The van der Waals surface area contributed by atoms with E-state index in [1.165, 1.54) is 31.2 Å². The molecule has 0 aromatic heterocycles. The summed E-state index contributed by atoms with van der Waals surface area (Å²) in [5.74, 6) is 0.840. The molecule has 2 aliphatic heterocycles. The first-order chi connectivity index (χ1) is 16.4. The maximum atomic E-state index is 11.7. The van der Waals surface area contributed by atoms with E-state index in [1.54, 1.807) is 0 Å². The van der Waals surface area contributed by atoms with Gasteiger partial charge in [-0.1, -0.05) is 49.6 Å². The lowest BCUT2D eigenvalue weighted by Gasteiger charge is -2.51. The highest BCUT2D eigenvalue weighted by Gasteiger charge is 2.42. The van der Waals surface area contributed by atoms with Gasteiger partial charge in [-0.05, 0) is 87.3 Å². The fraction of sp³-hybridized carbons (Fsp3) is 0.621. The number of ether oxygens (including phenoxy) is 1. The molecule has 34 heavy (non-hydrogen) atoms. The van der Waals surface area contributed by atoms with Gasteiger partial charge >= 0.3 is 5.97 Å².